The summed E-state index contributed by atoms with van der Waals surface area (Å²) in [6.07, 6.45) is 9.84. The third kappa shape index (κ3) is 2.36. The Kier molecular flexibility index (Phi) is 3.28. The molecule has 1 spiro atoms. The Morgan fingerprint density at radius 2 is 1.78 bits per heavy atom. The molecule has 1 amide bonds. The molecule has 2 aromatic rings. The minimum Gasteiger partial charge on any atom is -0.341 e. The summed E-state index contributed by atoms with van der Waals surface area (Å²) in [5.74, 6) is 1.01. The van der Waals surface area contributed by atoms with E-state index in [0.717, 1.165) is 50.5 Å². The molecule has 0 N–H and O–H groups in total. The molecule has 4 rings (SSSR count). The largest absolute Gasteiger partial charge is 0.341 e. The fourth-order valence-electron chi connectivity index (χ4n) is 3.67. The Morgan fingerprint density at radius 1 is 1.09 bits per heavy atom. The van der Waals surface area contributed by atoms with Gasteiger partial charge in [-0.2, -0.15) is 5.10 Å². The summed E-state index contributed by atoms with van der Waals surface area (Å²) in [5.41, 5.74) is 0.685. The summed E-state index contributed by atoms with van der Waals surface area (Å²) < 4.78 is 1.74. The number of aryl methyl sites for hydroxylation is 1. The van der Waals surface area contributed by atoms with Crippen LogP contribution >= 0.6 is 0 Å². The number of rotatable bonds is 2. The van der Waals surface area contributed by atoms with Crippen LogP contribution in [0.1, 0.15) is 19.3 Å². The molecule has 0 unspecified atom stereocenters. The van der Waals surface area contributed by atoms with Gasteiger partial charge in [0.05, 0.1) is 17.3 Å². The Morgan fingerprint density at radius 3 is 2.43 bits per heavy atom. The SMILES string of the molecule is Cn1cc(N2CCC3(CCN(c4ncccn4)CC3)C2=O)cn1. The van der Waals surface area contributed by atoms with Gasteiger partial charge in [0, 0.05) is 45.3 Å². The molecule has 2 saturated heterocycles. The van der Waals surface area contributed by atoms with E-state index in [1.54, 1.807) is 23.3 Å². The lowest BCUT2D eigenvalue weighted by Gasteiger charge is -2.37. The molecule has 7 nitrogen and oxygen atoms in total. The van der Waals surface area contributed by atoms with E-state index in [1.807, 2.05) is 24.2 Å². The molecular weight excluding hydrogens is 292 g/mol. The van der Waals surface area contributed by atoms with Crippen LogP contribution in [0.5, 0.6) is 0 Å². The Balaban J connectivity index is 1.48. The molecule has 2 aliphatic rings. The van der Waals surface area contributed by atoms with Gasteiger partial charge in [-0.3, -0.25) is 9.48 Å². The Bertz CT molecular complexity index is 704. The van der Waals surface area contributed by atoms with Gasteiger partial charge in [-0.1, -0.05) is 0 Å². The molecule has 0 radical (unpaired) electrons. The quantitative estimate of drug-likeness (QED) is 0.834. The predicted molar refractivity (Wildman–Crippen MR) is 86.1 cm³/mol. The zero-order valence-corrected chi connectivity index (χ0v) is 13.2. The van der Waals surface area contributed by atoms with Crippen molar-refractivity contribution in [3.63, 3.8) is 0 Å². The van der Waals surface area contributed by atoms with E-state index in [9.17, 15) is 4.79 Å². The average molecular weight is 312 g/mol. The maximum atomic E-state index is 13.0. The van der Waals surface area contributed by atoms with Crippen molar-refractivity contribution in [1.82, 2.24) is 19.7 Å². The molecule has 23 heavy (non-hydrogen) atoms. The van der Waals surface area contributed by atoms with E-state index in [2.05, 4.69) is 20.0 Å². The van der Waals surface area contributed by atoms with Crippen molar-refractivity contribution in [2.24, 2.45) is 12.5 Å². The molecule has 2 fully saturated rings. The van der Waals surface area contributed by atoms with Crippen LogP contribution < -0.4 is 9.80 Å². The summed E-state index contributed by atoms with van der Waals surface area (Å²) in [6, 6.07) is 1.82. The van der Waals surface area contributed by atoms with Gasteiger partial charge in [0.25, 0.3) is 0 Å². The smallest absolute Gasteiger partial charge is 0.233 e. The number of hydrogen-bond acceptors (Lipinski definition) is 5. The molecule has 0 aromatic carbocycles. The van der Waals surface area contributed by atoms with Gasteiger partial charge >= 0.3 is 0 Å². The second-order valence-electron chi connectivity index (χ2n) is 6.40. The number of anilines is 2. The Labute approximate surface area is 134 Å². The third-order valence-electron chi connectivity index (χ3n) is 5.07. The number of amides is 1. The second kappa shape index (κ2) is 5.33. The zero-order valence-electron chi connectivity index (χ0n) is 13.2. The van der Waals surface area contributed by atoms with E-state index in [1.165, 1.54) is 0 Å². The zero-order chi connectivity index (χ0) is 15.9. The number of nitrogens with zero attached hydrogens (tertiary/aromatic N) is 6. The van der Waals surface area contributed by atoms with Crippen molar-refractivity contribution >= 4 is 17.5 Å². The number of piperidine rings is 1. The molecule has 2 aromatic heterocycles. The molecule has 120 valence electrons. The summed E-state index contributed by atoms with van der Waals surface area (Å²) in [7, 11) is 1.87. The van der Waals surface area contributed by atoms with Crippen LogP contribution in [0.3, 0.4) is 0 Å². The first-order valence-electron chi connectivity index (χ1n) is 8.01. The number of aromatic nitrogens is 4. The van der Waals surface area contributed by atoms with E-state index in [4.69, 9.17) is 0 Å². The van der Waals surface area contributed by atoms with E-state index in [-0.39, 0.29) is 11.3 Å². The first-order valence-corrected chi connectivity index (χ1v) is 8.01. The van der Waals surface area contributed by atoms with Crippen molar-refractivity contribution in [2.45, 2.75) is 19.3 Å². The van der Waals surface area contributed by atoms with Crippen LogP contribution in [0.15, 0.2) is 30.9 Å². The maximum Gasteiger partial charge on any atom is 0.233 e. The number of carbonyl (C=O) groups excluding carboxylic acids is 1. The summed E-state index contributed by atoms with van der Waals surface area (Å²) in [4.78, 5) is 25.7. The lowest BCUT2D eigenvalue weighted by atomic mass is 9.77. The number of carbonyl (C=O) groups is 1. The molecule has 0 atom stereocenters. The van der Waals surface area contributed by atoms with Gasteiger partial charge in [0.2, 0.25) is 11.9 Å². The topological polar surface area (TPSA) is 67.2 Å². The fraction of sp³-hybridized carbons (Fsp3) is 0.500. The first-order chi connectivity index (χ1) is 11.2. The van der Waals surface area contributed by atoms with E-state index < -0.39 is 0 Å². The average Bonchev–Trinajstić information content (AvgIpc) is 3.14. The standard InChI is InChI=1S/C16H20N6O/c1-20-12-13(11-19-20)22-10-5-16(14(22)23)3-8-21(9-4-16)15-17-6-2-7-18-15/h2,6-7,11-12H,3-5,8-10H2,1H3. The minimum atomic E-state index is -0.221. The van der Waals surface area contributed by atoms with Gasteiger partial charge in [-0.05, 0) is 25.3 Å². The molecule has 0 bridgehead atoms. The van der Waals surface area contributed by atoms with Crippen LogP contribution in [-0.2, 0) is 11.8 Å². The van der Waals surface area contributed by atoms with Gasteiger partial charge in [0.15, 0.2) is 0 Å². The predicted octanol–water partition coefficient (Wildman–Crippen LogP) is 1.23. The maximum absolute atomic E-state index is 13.0. The minimum absolute atomic E-state index is 0.221. The Hall–Kier alpha value is -2.44. The second-order valence-corrected chi connectivity index (χ2v) is 6.40. The highest BCUT2D eigenvalue weighted by molar-refractivity contribution is 5.99. The summed E-state index contributed by atoms with van der Waals surface area (Å²) in [6.45, 7) is 2.44. The highest BCUT2D eigenvalue weighted by Gasteiger charge is 2.48. The van der Waals surface area contributed by atoms with Crippen molar-refractivity contribution in [3.8, 4) is 0 Å². The highest BCUT2D eigenvalue weighted by atomic mass is 16.2. The van der Waals surface area contributed by atoms with Crippen LogP contribution in [0.2, 0.25) is 0 Å². The molecule has 4 heterocycles. The summed E-state index contributed by atoms with van der Waals surface area (Å²) in [5, 5.41) is 4.18. The monoisotopic (exact) mass is 312 g/mol. The molecule has 7 heteroatoms. The normalized spacial score (nSPS) is 20.5. The van der Waals surface area contributed by atoms with Crippen molar-refractivity contribution in [3.05, 3.63) is 30.9 Å². The lowest BCUT2D eigenvalue weighted by Crippen LogP contribution is -2.45. The molecule has 0 saturated carbocycles. The van der Waals surface area contributed by atoms with Crippen LogP contribution in [0.25, 0.3) is 0 Å². The van der Waals surface area contributed by atoms with Crippen molar-refractivity contribution < 1.29 is 4.79 Å². The van der Waals surface area contributed by atoms with Crippen molar-refractivity contribution in [2.75, 3.05) is 29.4 Å². The van der Waals surface area contributed by atoms with Crippen molar-refractivity contribution in [1.29, 1.82) is 0 Å². The molecular formula is C16H20N6O. The van der Waals surface area contributed by atoms with E-state index >= 15 is 0 Å². The number of hydrogen-bond donors (Lipinski definition) is 0. The van der Waals surface area contributed by atoms with Crippen LogP contribution in [-0.4, -0.2) is 45.3 Å². The van der Waals surface area contributed by atoms with Gasteiger partial charge in [-0.15, -0.1) is 0 Å². The van der Waals surface area contributed by atoms with Gasteiger partial charge in [0.1, 0.15) is 0 Å². The highest BCUT2D eigenvalue weighted by Crippen LogP contribution is 2.43. The third-order valence-corrected chi connectivity index (χ3v) is 5.07. The molecule has 2 aliphatic heterocycles. The van der Waals surface area contributed by atoms with Crippen LogP contribution in [0.4, 0.5) is 11.6 Å². The lowest BCUT2D eigenvalue weighted by molar-refractivity contribution is -0.126. The van der Waals surface area contributed by atoms with Gasteiger partial charge in [-0.25, -0.2) is 9.97 Å². The fourth-order valence-corrected chi connectivity index (χ4v) is 3.67. The summed E-state index contributed by atoms with van der Waals surface area (Å²) >= 11 is 0. The molecule has 0 aliphatic carbocycles. The van der Waals surface area contributed by atoms with Gasteiger partial charge < -0.3 is 9.80 Å². The van der Waals surface area contributed by atoms with E-state index in [0.29, 0.717) is 0 Å². The first kappa shape index (κ1) is 14.2. The van der Waals surface area contributed by atoms with Crippen LogP contribution in [0, 0.1) is 5.41 Å².